The first-order chi connectivity index (χ1) is 10.0. The molecule has 0 unspecified atom stereocenters. The maximum atomic E-state index is 11.9. The van der Waals surface area contributed by atoms with Gasteiger partial charge in [0.2, 0.25) is 0 Å². The number of aryl methyl sites for hydroxylation is 1. The number of ketones is 1. The van der Waals surface area contributed by atoms with Crippen LogP contribution in [0.3, 0.4) is 0 Å². The summed E-state index contributed by atoms with van der Waals surface area (Å²) < 4.78 is 5.57. The van der Waals surface area contributed by atoms with E-state index in [9.17, 15) is 4.79 Å². The van der Waals surface area contributed by atoms with Crippen LogP contribution in [0.1, 0.15) is 17.5 Å². The Morgan fingerprint density at radius 1 is 1.10 bits per heavy atom. The van der Waals surface area contributed by atoms with Crippen molar-refractivity contribution in [2.75, 3.05) is 6.61 Å². The van der Waals surface area contributed by atoms with E-state index in [1.54, 1.807) is 12.1 Å². The van der Waals surface area contributed by atoms with Gasteiger partial charge >= 0.3 is 0 Å². The summed E-state index contributed by atoms with van der Waals surface area (Å²) in [7, 11) is 0. The van der Waals surface area contributed by atoms with Crippen LogP contribution in [0.2, 0.25) is 10.0 Å². The number of hydrogen-bond acceptors (Lipinski definition) is 2. The molecule has 0 spiro atoms. The van der Waals surface area contributed by atoms with Crippen molar-refractivity contribution in [3.05, 3.63) is 63.6 Å². The van der Waals surface area contributed by atoms with E-state index < -0.39 is 0 Å². The third-order valence-electron chi connectivity index (χ3n) is 3.02. The fourth-order valence-corrected chi connectivity index (χ4v) is 2.27. The summed E-state index contributed by atoms with van der Waals surface area (Å²) in [6, 6.07) is 13.0. The lowest BCUT2D eigenvalue weighted by atomic mass is 10.1. The molecule has 0 N–H and O–H groups in total. The molecule has 0 bridgehead atoms. The van der Waals surface area contributed by atoms with Gasteiger partial charge in [-0.1, -0.05) is 41.4 Å². The molecular formula is C17H16Cl2O2. The molecule has 110 valence electrons. The monoisotopic (exact) mass is 322 g/mol. The average molecular weight is 323 g/mol. The van der Waals surface area contributed by atoms with Gasteiger partial charge in [-0.15, -0.1) is 0 Å². The molecule has 0 heterocycles. The number of carbonyl (C=O) groups is 1. The third-order valence-corrected chi connectivity index (χ3v) is 3.76. The van der Waals surface area contributed by atoms with Crippen LogP contribution in [-0.2, 0) is 11.2 Å². The topological polar surface area (TPSA) is 26.3 Å². The Kier molecular flexibility index (Phi) is 5.66. The van der Waals surface area contributed by atoms with Crippen molar-refractivity contribution in [2.24, 2.45) is 0 Å². The highest BCUT2D eigenvalue weighted by Gasteiger charge is 2.06. The van der Waals surface area contributed by atoms with Crippen LogP contribution in [-0.4, -0.2) is 12.4 Å². The van der Waals surface area contributed by atoms with Crippen molar-refractivity contribution in [3.8, 4) is 5.75 Å². The predicted molar refractivity (Wildman–Crippen MR) is 86.5 cm³/mol. The lowest BCUT2D eigenvalue weighted by molar-refractivity contribution is -0.118. The van der Waals surface area contributed by atoms with Crippen LogP contribution >= 0.6 is 23.2 Å². The molecule has 2 nitrogen and oxygen atoms in total. The van der Waals surface area contributed by atoms with Crippen LogP contribution in [0.4, 0.5) is 0 Å². The van der Waals surface area contributed by atoms with Crippen LogP contribution in [0.5, 0.6) is 5.75 Å². The first-order valence-corrected chi connectivity index (χ1v) is 7.45. The summed E-state index contributed by atoms with van der Waals surface area (Å²) in [6.07, 6.45) is 0.711. The Morgan fingerprint density at radius 2 is 1.90 bits per heavy atom. The molecular weight excluding hydrogens is 307 g/mol. The molecule has 2 aromatic rings. The standard InChI is InChI=1S/C17H16Cl2O2/c1-12-3-2-4-15(9-12)21-8-7-14(20)10-13-5-6-16(18)17(19)11-13/h2-6,9,11H,7-8,10H2,1H3. The molecule has 0 aliphatic heterocycles. The van der Waals surface area contributed by atoms with Crippen molar-refractivity contribution in [1.82, 2.24) is 0 Å². The van der Waals surface area contributed by atoms with Gasteiger partial charge in [0.1, 0.15) is 11.5 Å². The number of benzene rings is 2. The van der Waals surface area contributed by atoms with Gasteiger partial charge in [-0.05, 0) is 42.3 Å². The van der Waals surface area contributed by atoms with Crippen LogP contribution in [0.15, 0.2) is 42.5 Å². The van der Waals surface area contributed by atoms with Gasteiger partial charge in [-0.3, -0.25) is 4.79 Å². The first kappa shape index (κ1) is 15.9. The Bertz CT molecular complexity index is 638. The molecule has 4 heteroatoms. The second-order valence-corrected chi connectivity index (χ2v) is 5.69. The van der Waals surface area contributed by atoms with Crippen molar-refractivity contribution in [3.63, 3.8) is 0 Å². The Balaban J connectivity index is 1.81. The van der Waals surface area contributed by atoms with E-state index in [1.807, 2.05) is 37.3 Å². The van der Waals surface area contributed by atoms with Gasteiger partial charge in [0.25, 0.3) is 0 Å². The minimum absolute atomic E-state index is 0.112. The van der Waals surface area contributed by atoms with E-state index in [0.29, 0.717) is 29.5 Å². The lowest BCUT2D eigenvalue weighted by Crippen LogP contribution is -2.09. The number of Topliss-reactive ketones (excluding diaryl/α,β-unsaturated/α-hetero) is 1. The second-order valence-electron chi connectivity index (χ2n) is 4.88. The largest absolute Gasteiger partial charge is 0.493 e. The summed E-state index contributed by atoms with van der Waals surface area (Å²) in [5, 5.41) is 0.966. The fraction of sp³-hybridized carbons (Fsp3) is 0.235. The van der Waals surface area contributed by atoms with Crippen LogP contribution in [0.25, 0.3) is 0 Å². The van der Waals surface area contributed by atoms with Gasteiger partial charge in [0.15, 0.2) is 0 Å². The summed E-state index contributed by atoms with van der Waals surface area (Å²) in [6.45, 7) is 2.38. The Morgan fingerprint density at radius 3 is 2.62 bits per heavy atom. The molecule has 0 saturated carbocycles. The molecule has 0 saturated heterocycles. The van der Waals surface area contributed by atoms with Crippen LogP contribution in [0, 0.1) is 6.92 Å². The van der Waals surface area contributed by atoms with E-state index in [0.717, 1.165) is 16.9 Å². The highest BCUT2D eigenvalue weighted by Crippen LogP contribution is 2.23. The predicted octanol–water partition coefficient (Wildman–Crippen LogP) is 4.88. The minimum Gasteiger partial charge on any atom is -0.493 e. The highest BCUT2D eigenvalue weighted by atomic mass is 35.5. The lowest BCUT2D eigenvalue weighted by Gasteiger charge is -2.07. The molecule has 0 aliphatic rings. The Labute approximate surface area is 134 Å². The summed E-state index contributed by atoms with van der Waals surface area (Å²) in [5.41, 5.74) is 2.00. The zero-order chi connectivity index (χ0) is 15.2. The highest BCUT2D eigenvalue weighted by molar-refractivity contribution is 6.42. The number of carbonyl (C=O) groups excluding carboxylic acids is 1. The number of rotatable bonds is 6. The Hall–Kier alpha value is -1.51. The molecule has 2 aromatic carbocycles. The van der Waals surface area contributed by atoms with E-state index in [2.05, 4.69) is 0 Å². The number of halogens is 2. The number of hydrogen-bond donors (Lipinski definition) is 0. The molecule has 0 aliphatic carbocycles. The molecule has 0 radical (unpaired) electrons. The smallest absolute Gasteiger partial charge is 0.140 e. The normalized spacial score (nSPS) is 10.4. The summed E-state index contributed by atoms with van der Waals surface area (Å²) in [5.74, 6) is 0.901. The van der Waals surface area contributed by atoms with E-state index in [1.165, 1.54) is 0 Å². The SMILES string of the molecule is Cc1cccc(OCCC(=O)Cc2ccc(Cl)c(Cl)c2)c1. The molecule has 2 rings (SSSR count). The van der Waals surface area contributed by atoms with Crippen LogP contribution < -0.4 is 4.74 Å². The summed E-state index contributed by atoms with van der Waals surface area (Å²) >= 11 is 11.8. The van der Waals surface area contributed by atoms with Gasteiger partial charge in [-0.25, -0.2) is 0 Å². The van der Waals surface area contributed by atoms with Gasteiger partial charge in [-0.2, -0.15) is 0 Å². The molecule has 0 fully saturated rings. The molecule has 0 aromatic heterocycles. The number of ether oxygens (including phenoxy) is 1. The quantitative estimate of drug-likeness (QED) is 0.757. The van der Waals surface area contributed by atoms with E-state index >= 15 is 0 Å². The third kappa shape index (κ3) is 5.07. The van der Waals surface area contributed by atoms with Gasteiger partial charge in [0, 0.05) is 12.8 Å². The van der Waals surface area contributed by atoms with Gasteiger partial charge in [0.05, 0.1) is 16.7 Å². The van der Waals surface area contributed by atoms with Crippen molar-refractivity contribution < 1.29 is 9.53 Å². The zero-order valence-electron chi connectivity index (χ0n) is 11.7. The maximum Gasteiger partial charge on any atom is 0.140 e. The fourth-order valence-electron chi connectivity index (χ4n) is 1.95. The second kappa shape index (κ2) is 7.48. The van der Waals surface area contributed by atoms with Crippen molar-refractivity contribution in [1.29, 1.82) is 0 Å². The van der Waals surface area contributed by atoms with Gasteiger partial charge < -0.3 is 4.74 Å². The van der Waals surface area contributed by atoms with E-state index in [4.69, 9.17) is 27.9 Å². The molecule has 21 heavy (non-hydrogen) atoms. The zero-order valence-corrected chi connectivity index (χ0v) is 13.2. The average Bonchev–Trinajstić information content (AvgIpc) is 2.43. The molecule has 0 amide bonds. The van der Waals surface area contributed by atoms with Crippen molar-refractivity contribution >= 4 is 29.0 Å². The minimum atomic E-state index is 0.112. The van der Waals surface area contributed by atoms with E-state index in [-0.39, 0.29) is 5.78 Å². The summed E-state index contributed by atoms with van der Waals surface area (Å²) in [4.78, 5) is 11.9. The molecule has 0 atom stereocenters. The van der Waals surface area contributed by atoms with Crippen molar-refractivity contribution in [2.45, 2.75) is 19.8 Å². The maximum absolute atomic E-state index is 11.9. The first-order valence-electron chi connectivity index (χ1n) is 6.69.